The number of hydrogen-bond donors (Lipinski definition) is 3. The van der Waals surface area contributed by atoms with Crippen LogP contribution in [-0.4, -0.2) is 43.7 Å². The zero-order valence-corrected chi connectivity index (χ0v) is 21.7. The summed E-state index contributed by atoms with van der Waals surface area (Å²) < 4.78 is 11.9. The highest BCUT2D eigenvalue weighted by Gasteiger charge is 2.22. The highest BCUT2D eigenvalue weighted by Crippen LogP contribution is 2.35. The van der Waals surface area contributed by atoms with Gasteiger partial charge in [0.05, 0.1) is 15.7 Å². The van der Waals surface area contributed by atoms with E-state index in [4.69, 9.17) is 32.7 Å². The van der Waals surface area contributed by atoms with Crippen molar-refractivity contribution in [2.75, 3.05) is 0 Å². The van der Waals surface area contributed by atoms with Crippen molar-refractivity contribution in [3.63, 3.8) is 0 Å². The third kappa shape index (κ3) is 6.29. The second kappa shape index (κ2) is 11.5. The summed E-state index contributed by atoms with van der Waals surface area (Å²) in [6.45, 7) is 6.40. The molecule has 37 heavy (non-hydrogen) atoms. The van der Waals surface area contributed by atoms with Crippen LogP contribution in [-0.2, 0) is 11.5 Å². The van der Waals surface area contributed by atoms with Crippen molar-refractivity contribution in [1.29, 1.82) is 5.26 Å². The van der Waals surface area contributed by atoms with E-state index in [9.17, 15) is 24.8 Å². The average Bonchev–Trinajstić information content (AvgIpc) is 2.81. The van der Waals surface area contributed by atoms with E-state index < -0.39 is 36.0 Å². The minimum Gasteiger partial charge on any atom is -0.434 e. The van der Waals surface area contributed by atoms with Gasteiger partial charge in [0.25, 0.3) is 5.56 Å². The van der Waals surface area contributed by atoms with E-state index in [-0.39, 0.29) is 39.3 Å². The molecule has 1 unspecified atom stereocenters. The summed E-state index contributed by atoms with van der Waals surface area (Å²) in [5.74, 6) is 0.0743. The Kier molecular flexibility index (Phi) is 8.59. The maximum atomic E-state index is 13.0. The van der Waals surface area contributed by atoms with Crippen molar-refractivity contribution in [1.82, 2.24) is 25.1 Å². The third-order valence-corrected chi connectivity index (χ3v) is 5.46. The standard InChI is InChI=1S/C22H23Cl2N7O6/c1-10(2)13-7-17(27-28-19(13)32)37-18-14(23)5-12(6-15(18)24)31-22(35)30(20(33)16(8-25)29-31)9-36-21(34)26-11(3)4/h5-7,10-11,19,28,32H,9H2,1-4H3,(H,26,34). The van der Waals surface area contributed by atoms with Gasteiger partial charge in [0.15, 0.2) is 18.7 Å². The first-order valence-corrected chi connectivity index (χ1v) is 11.7. The third-order valence-electron chi connectivity index (χ3n) is 4.90. The molecule has 1 atom stereocenters. The molecule has 2 aromatic rings. The lowest BCUT2D eigenvalue weighted by atomic mass is 10.0. The fourth-order valence-corrected chi connectivity index (χ4v) is 3.68. The van der Waals surface area contributed by atoms with Gasteiger partial charge in [-0.1, -0.05) is 37.0 Å². The van der Waals surface area contributed by atoms with E-state index in [0.29, 0.717) is 10.1 Å². The number of hydrazone groups is 1. The fourth-order valence-electron chi connectivity index (χ4n) is 3.13. The summed E-state index contributed by atoms with van der Waals surface area (Å²) in [5.41, 5.74) is 0.464. The number of hydrogen-bond acceptors (Lipinski definition) is 10. The van der Waals surface area contributed by atoms with Crippen LogP contribution in [0.4, 0.5) is 4.79 Å². The predicted octanol–water partition coefficient (Wildman–Crippen LogP) is 1.86. The van der Waals surface area contributed by atoms with Crippen LogP contribution in [0.2, 0.25) is 10.0 Å². The first-order valence-electron chi connectivity index (χ1n) is 10.9. The van der Waals surface area contributed by atoms with Gasteiger partial charge in [-0.05, 0) is 37.5 Å². The Balaban J connectivity index is 1.98. The molecule has 0 radical (unpaired) electrons. The Morgan fingerprint density at radius 2 is 1.92 bits per heavy atom. The number of nitriles is 1. The van der Waals surface area contributed by atoms with E-state index in [0.717, 1.165) is 4.68 Å². The predicted molar refractivity (Wildman–Crippen MR) is 134 cm³/mol. The van der Waals surface area contributed by atoms with E-state index in [1.54, 1.807) is 26.0 Å². The Hall–Kier alpha value is -3.86. The molecule has 1 aromatic heterocycles. The summed E-state index contributed by atoms with van der Waals surface area (Å²) >= 11 is 12.7. The molecule has 1 aliphatic rings. The molecule has 3 N–H and O–H groups in total. The molecule has 2 heterocycles. The number of carbonyl (C=O) groups is 1. The van der Waals surface area contributed by atoms with E-state index >= 15 is 0 Å². The van der Waals surface area contributed by atoms with Gasteiger partial charge >= 0.3 is 11.8 Å². The number of benzene rings is 1. The normalized spacial score (nSPS) is 15.0. The highest BCUT2D eigenvalue weighted by atomic mass is 35.5. The first kappa shape index (κ1) is 27.7. The lowest BCUT2D eigenvalue weighted by Gasteiger charge is -2.23. The maximum absolute atomic E-state index is 13.0. The molecule has 0 aliphatic carbocycles. The lowest BCUT2D eigenvalue weighted by molar-refractivity contribution is 0.107. The molecule has 13 nitrogen and oxygen atoms in total. The molecule has 0 bridgehead atoms. The van der Waals surface area contributed by atoms with Gasteiger partial charge in [0, 0.05) is 12.1 Å². The number of amides is 1. The van der Waals surface area contributed by atoms with E-state index in [1.165, 1.54) is 12.1 Å². The van der Waals surface area contributed by atoms with Gasteiger partial charge in [0.1, 0.15) is 6.07 Å². The van der Waals surface area contributed by atoms with Crippen LogP contribution in [0.15, 0.2) is 38.5 Å². The quantitative estimate of drug-likeness (QED) is 0.484. The zero-order valence-electron chi connectivity index (χ0n) is 20.2. The average molecular weight is 552 g/mol. The Morgan fingerprint density at radius 3 is 2.49 bits per heavy atom. The molecule has 0 saturated heterocycles. The van der Waals surface area contributed by atoms with Crippen LogP contribution in [0.25, 0.3) is 5.69 Å². The number of carbonyl (C=O) groups excluding carboxylic acids is 1. The van der Waals surface area contributed by atoms with Gasteiger partial charge in [-0.2, -0.15) is 9.94 Å². The first-order chi connectivity index (χ1) is 17.4. The van der Waals surface area contributed by atoms with Crippen LogP contribution < -0.4 is 26.7 Å². The topological polar surface area (TPSA) is 173 Å². The number of nitrogens with zero attached hydrogens (tertiary/aromatic N) is 5. The van der Waals surface area contributed by atoms with E-state index in [1.807, 2.05) is 13.8 Å². The molecule has 15 heteroatoms. The number of rotatable bonds is 6. The summed E-state index contributed by atoms with van der Waals surface area (Å²) in [6, 6.07) is 3.91. The minimum atomic E-state index is -1.05. The summed E-state index contributed by atoms with van der Waals surface area (Å²) in [5, 5.41) is 29.4. The number of aromatic nitrogens is 3. The van der Waals surface area contributed by atoms with Crippen molar-refractivity contribution in [3.05, 3.63) is 60.4 Å². The van der Waals surface area contributed by atoms with Gasteiger partial charge in [0.2, 0.25) is 11.6 Å². The van der Waals surface area contributed by atoms with E-state index in [2.05, 4.69) is 20.9 Å². The van der Waals surface area contributed by atoms with Crippen molar-refractivity contribution in [3.8, 4) is 17.5 Å². The van der Waals surface area contributed by atoms with Crippen molar-refractivity contribution >= 4 is 35.2 Å². The molecule has 1 aromatic carbocycles. The Bertz CT molecular complexity index is 1420. The smallest absolute Gasteiger partial charge is 0.409 e. The number of ether oxygens (including phenoxy) is 2. The van der Waals surface area contributed by atoms with Crippen LogP contribution in [0.1, 0.15) is 33.4 Å². The van der Waals surface area contributed by atoms with Crippen LogP contribution in [0.5, 0.6) is 5.75 Å². The molecule has 0 spiro atoms. The summed E-state index contributed by atoms with van der Waals surface area (Å²) in [6.07, 6.45) is -0.287. The summed E-state index contributed by atoms with van der Waals surface area (Å²) in [4.78, 5) is 37.3. The molecular formula is C22H23Cl2N7O6. The van der Waals surface area contributed by atoms with Gasteiger partial charge < -0.3 is 19.9 Å². The van der Waals surface area contributed by atoms with Crippen molar-refractivity contribution < 1.29 is 19.4 Å². The molecule has 3 rings (SSSR count). The number of alkyl carbamates (subject to hydrolysis) is 1. The Labute approximate surface area is 220 Å². The van der Waals surface area contributed by atoms with Crippen LogP contribution in [0, 0.1) is 17.2 Å². The number of aliphatic hydroxyl groups is 1. The largest absolute Gasteiger partial charge is 0.434 e. The molecule has 196 valence electrons. The Morgan fingerprint density at radius 1 is 1.27 bits per heavy atom. The van der Waals surface area contributed by atoms with Crippen LogP contribution in [0.3, 0.4) is 0 Å². The highest BCUT2D eigenvalue weighted by molar-refractivity contribution is 6.37. The van der Waals surface area contributed by atoms with Gasteiger partial charge in [-0.3, -0.25) is 10.2 Å². The number of aliphatic hydroxyl groups excluding tert-OH is 1. The van der Waals surface area contributed by atoms with Gasteiger partial charge in [-0.15, -0.1) is 10.2 Å². The lowest BCUT2D eigenvalue weighted by Crippen LogP contribution is -2.44. The monoisotopic (exact) mass is 551 g/mol. The fraction of sp³-hybridized carbons (Fsp3) is 0.364. The number of nitrogens with one attached hydrogen (secondary N) is 2. The molecule has 1 aliphatic heterocycles. The van der Waals surface area contributed by atoms with Crippen molar-refractivity contribution in [2.45, 2.75) is 46.7 Å². The molecule has 0 fully saturated rings. The number of halogens is 2. The second-order valence-corrected chi connectivity index (χ2v) is 9.18. The second-order valence-electron chi connectivity index (χ2n) is 8.37. The molecular weight excluding hydrogens is 529 g/mol. The molecule has 1 amide bonds. The van der Waals surface area contributed by atoms with Gasteiger partial charge in [-0.25, -0.2) is 14.2 Å². The van der Waals surface area contributed by atoms with Crippen molar-refractivity contribution in [2.24, 2.45) is 11.0 Å². The zero-order chi connectivity index (χ0) is 27.4. The maximum Gasteiger partial charge on any atom is 0.409 e. The minimum absolute atomic E-state index is 0.000976. The summed E-state index contributed by atoms with van der Waals surface area (Å²) in [7, 11) is 0. The molecule has 0 saturated carbocycles. The van der Waals surface area contributed by atoms with Crippen LogP contribution >= 0.6 is 23.2 Å². The SMILES string of the molecule is CC(C)NC(=O)OCn1c(=O)c(C#N)nn(-c2cc(Cl)c(OC3=NNC(O)C(C(C)C)=C3)c(Cl)c2)c1=O.